The van der Waals surface area contributed by atoms with Gasteiger partial charge >= 0.3 is 0 Å². The Hall–Kier alpha value is -0.970. The van der Waals surface area contributed by atoms with Crippen LogP contribution in [-0.2, 0) is 14.8 Å². The average Bonchev–Trinajstić information content (AvgIpc) is 3.02. The van der Waals surface area contributed by atoms with Gasteiger partial charge in [-0.3, -0.25) is 9.69 Å². The van der Waals surface area contributed by atoms with E-state index in [2.05, 4.69) is 21.2 Å². The predicted octanol–water partition coefficient (Wildman–Crippen LogP) is 3.11. The number of thiophene rings is 1. The third kappa shape index (κ3) is 4.85. The van der Waals surface area contributed by atoms with E-state index in [1.54, 1.807) is 36.4 Å². The van der Waals surface area contributed by atoms with Crippen molar-refractivity contribution in [1.29, 1.82) is 0 Å². The molecule has 2 aromatic rings. The van der Waals surface area contributed by atoms with E-state index in [0.717, 1.165) is 3.79 Å². The third-order valence-electron chi connectivity index (χ3n) is 3.95. The van der Waals surface area contributed by atoms with E-state index in [4.69, 9.17) is 11.6 Å². The number of nitrogens with one attached hydrogen (secondary N) is 1. The van der Waals surface area contributed by atoms with Crippen molar-refractivity contribution in [2.24, 2.45) is 0 Å². The van der Waals surface area contributed by atoms with Crippen LogP contribution in [0.25, 0.3) is 0 Å². The van der Waals surface area contributed by atoms with Gasteiger partial charge in [-0.25, -0.2) is 8.42 Å². The quantitative estimate of drug-likeness (QED) is 0.717. The molecule has 3 rings (SSSR count). The Kier molecular flexibility index (Phi) is 6.37. The van der Waals surface area contributed by atoms with Crippen LogP contribution in [0.2, 0.25) is 5.02 Å². The average molecular weight is 479 g/mol. The van der Waals surface area contributed by atoms with Gasteiger partial charge in [0.25, 0.3) is 10.0 Å². The number of sulfonamides is 1. The van der Waals surface area contributed by atoms with Crippen LogP contribution in [0.1, 0.15) is 0 Å². The Bertz CT molecular complexity index is 896. The summed E-state index contributed by atoms with van der Waals surface area (Å²) in [6.45, 7) is 1.96. The first-order valence-electron chi connectivity index (χ1n) is 7.88. The molecule has 1 aromatic heterocycles. The molecular weight excluding hydrogens is 462 g/mol. The van der Waals surface area contributed by atoms with Crippen molar-refractivity contribution in [3.05, 3.63) is 45.2 Å². The highest BCUT2D eigenvalue weighted by Crippen LogP contribution is 2.28. The SMILES string of the molecule is O=C(CN1CCN(S(=O)(=O)c2ccc(Br)s2)CC1)Nc1cccc(Cl)c1. The Balaban J connectivity index is 1.53. The van der Waals surface area contributed by atoms with E-state index in [9.17, 15) is 13.2 Å². The number of rotatable bonds is 5. The van der Waals surface area contributed by atoms with Crippen molar-refractivity contribution in [3.8, 4) is 0 Å². The second-order valence-electron chi connectivity index (χ2n) is 5.80. The summed E-state index contributed by atoms with van der Waals surface area (Å²) in [6, 6.07) is 10.3. The van der Waals surface area contributed by atoms with E-state index in [1.807, 2.05) is 4.90 Å². The molecule has 6 nitrogen and oxygen atoms in total. The number of amides is 1. The smallest absolute Gasteiger partial charge is 0.252 e. The topological polar surface area (TPSA) is 69.7 Å². The number of benzene rings is 1. The number of hydrogen-bond acceptors (Lipinski definition) is 5. The number of hydrogen-bond donors (Lipinski definition) is 1. The standard InChI is InChI=1S/C16H17BrClN3O3S2/c17-14-4-5-16(25-14)26(23,24)21-8-6-20(7-9-21)11-15(22)19-13-3-1-2-12(18)10-13/h1-5,10H,6-9,11H2,(H,19,22). The van der Waals surface area contributed by atoms with Gasteiger partial charge in [0.15, 0.2) is 0 Å². The number of piperazine rings is 1. The van der Waals surface area contributed by atoms with Gasteiger partial charge < -0.3 is 5.32 Å². The fourth-order valence-electron chi connectivity index (χ4n) is 2.66. The zero-order valence-corrected chi connectivity index (χ0v) is 17.7. The van der Waals surface area contributed by atoms with Crippen LogP contribution < -0.4 is 5.32 Å². The molecule has 0 radical (unpaired) electrons. The number of anilines is 1. The Morgan fingerprint density at radius 2 is 1.92 bits per heavy atom. The van der Waals surface area contributed by atoms with Gasteiger partial charge in [0, 0.05) is 36.9 Å². The van der Waals surface area contributed by atoms with Crippen LogP contribution >= 0.6 is 38.9 Å². The lowest BCUT2D eigenvalue weighted by Crippen LogP contribution is -2.50. The maximum absolute atomic E-state index is 12.6. The lowest BCUT2D eigenvalue weighted by atomic mass is 10.3. The minimum Gasteiger partial charge on any atom is -0.325 e. The van der Waals surface area contributed by atoms with Gasteiger partial charge in [-0.15, -0.1) is 11.3 Å². The van der Waals surface area contributed by atoms with Crippen LogP contribution in [0.15, 0.2) is 44.4 Å². The maximum atomic E-state index is 12.6. The molecule has 2 heterocycles. The molecule has 140 valence electrons. The molecule has 1 aromatic carbocycles. The highest BCUT2D eigenvalue weighted by Gasteiger charge is 2.30. The van der Waals surface area contributed by atoms with Crippen LogP contribution in [0.5, 0.6) is 0 Å². The molecule has 26 heavy (non-hydrogen) atoms. The predicted molar refractivity (Wildman–Crippen MR) is 107 cm³/mol. The monoisotopic (exact) mass is 477 g/mol. The van der Waals surface area contributed by atoms with E-state index in [-0.39, 0.29) is 12.5 Å². The summed E-state index contributed by atoms with van der Waals surface area (Å²) >= 11 is 10.4. The van der Waals surface area contributed by atoms with E-state index in [0.29, 0.717) is 41.1 Å². The summed E-state index contributed by atoms with van der Waals surface area (Å²) < 4.78 is 27.8. The van der Waals surface area contributed by atoms with Gasteiger partial charge in [0.2, 0.25) is 5.91 Å². The van der Waals surface area contributed by atoms with Gasteiger partial charge in [0.1, 0.15) is 4.21 Å². The molecule has 1 N–H and O–H groups in total. The fourth-order valence-corrected chi connectivity index (χ4v) is 6.44. The molecule has 0 spiro atoms. The van der Waals surface area contributed by atoms with Gasteiger partial charge in [-0.1, -0.05) is 17.7 Å². The Morgan fingerprint density at radius 1 is 1.19 bits per heavy atom. The van der Waals surface area contributed by atoms with Crippen molar-refractivity contribution in [1.82, 2.24) is 9.21 Å². The van der Waals surface area contributed by atoms with Crippen molar-refractivity contribution >= 4 is 60.5 Å². The maximum Gasteiger partial charge on any atom is 0.252 e. The molecule has 0 aliphatic carbocycles. The largest absolute Gasteiger partial charge is 0.325 e. The van der Waals surface area contributed by atoms with Crippen LogP contribution in [0, 0.1) is 0 Å². The van der Waals surface area contributed by atoms with Gasteiger partial charge in [-0.2, -0.15) is 4.31 Å². The number of carbonyl (C=O) groups is 1. The molecule has 1 aliphatic heterocycles. The highest BCUT2D eigenvalue weighted by atomic mass is 79.9. The van der Waals surface area contributed by atoms with Crippen LogP contribution in [0.3, 0.4) is 0 Å². The zero-order chi connectivity index (χ0) is 18.7. The van der Waals surface area contributed by atoms with Crippen molar-refractivity contribution in [2.75, 3.05) is 38.0 Å². The highest BCUT2D eigenvalue weighted by molar-refractivity contribution is 9.11. The van der Waals surface area contributed by atoms with E-state index in [1.165, 1.54) is 15.6 Å². The second-order valence-corrected chi connectivity index (χ2v) is 10.9. The second kappa shape index (κ2) is 8.37. The summed E-state index contributed by atoms with van der Waals surface area (Å²) in [5.74, 6) is -0.147. The van der Waals surface area contributed by atoms with Crippen LogP contribution in [0.4, 0.5) is 5.69 Å². The summed E-state index contributed by atoms with van der Waals surface area (Å²) in [5, 5.41) is 3.36. The molecule has 0 atom stereocenters. The minimum atomic E-state index is -3.47. The number of nitrogens with zero attached hydrogens (tertiary/aromatic N) is 2. The molecule has 1 fully saturated rings. The molecule has 1 amide bonds. The first kappa shape index (κ1) is 19.8. The van der Waals surface area contributed by atoms with Gasteiger partial charge in [-0.05, 0) is 46.3 Å². The summed E-state index contributed by atoms with van der Waals surface area (Å²) in [4.78, 5) is 14.1. The van der Waals surface area contributed by atoms with Gasteiger partial charge in [0.05, 0.1) is 10.3 Å². The van der Waals surface area contributed by atoms with Crippen LogP contribution in [-0.4, -0.2) is 56.3 Å². The summed E-state index contributed by atoms with van der Waals surface area (Å²) in [7, 11) is -3.47. The van der Waals surface area contributed by atoms with E-state index >= 15 is 0 Å². The number of halogens is 2. The zero-order valence-electron chi connectivity index (χ0n) is 13.7. The van der Waals surface area contributed by atoms with Crippen molar-refractivity contribution in [3.63, 3.8) is 0 Å². The third-order valence-corrected chi connectivity index (χ3v) is 8.17. The van der Waals surface area contributed by atoms with E-state index < -0.39 is 10.0 Å². The summed E-state index contributed by atoms with van der Waals surface area (Å²) in [6.07, 6.45) is 0. The normalized spacial score (nSPS) is 16.5. The van der Waals surface area contributed by atoms with Crippen molar-refractivity contribution in [2.45, 2.75) is 4.21 Å². The summed E-state index contributed by atoms with van der Waals surface area (Å²) in [5.41, 5.74) is 0.645. The molecule has 0 saturated carbocycles. The molecule has 0 bridgehead atoms. The molecule has 1 aliphatic rings. The van der Waals surface area contributed by atoms with Crippen molar-refractivity contribution < 1.29 is 13.2 Å². The molecule has 0 unspecified atom stereocenters. The first-order chi connectivity index (χ1) is 12.3. The lowest BCUT2D eigenvalue weighted by molar-refractivity contribution is -0.117. The fraction of sp³-hybridized carbons (Fsp3) is 0.312. The first-order valence-corrected chi connectivity index (χ1v) is 11.3. The molecule has 1 saturated heterocycles. The minimum absolute atomic E-state index is 0.147. The molecular formula is C16H17BrClN3O3S2. The number of carbonyl (C=O) groups excluding carboxylic acids is 1. The Labute approximate surface area is 169 Å². The molecule has 10 heteroatoms. The Morgan fingerprint density at radius 3 is 2.54 bits per heavy atom. The lowest BCUT2D eigenvalue weighted by Gasteiger charge is -2.33.